The van der Waals surface area contributed by atoms with Gasteiger partial charge >= 0.3 is 5.97 Å². The first-order valence-electron chi connectivity index (χ1n) is 7.23. The van der Waals surface area contributed by atoms with Gasteiger partial charge in [0.25, 0.3) is 0 Å². The van der Waals surface area contributed by atoms with Crippen molar-refractivity contribution in [1.29, 1.82) is 0 Å². The minimum atomic E-state index is -0.504. The van der Waals surface area contributed by atoms with E-state index in [-0.39, 0.29) is 12.4 Å². The lowest BCUT2D eigenvalue weighted by Crippen LogP contribution is -1.98. The highest BCUT2D eigenvalue weighted by Crippen LogP contribution is 2.21. The van der Waals surface area contributed by atoms with Gasteiger partial charge < -0.3 is 13.9 Å². The third-order valence-corrected chi connectivity index (χ3v) is 4.21. The van der Waals surface area contributed by atoms with E-state index >= 15 is 0 Å². The van der Waals surface area contributed by atoms with Crippen LogP contribution in [0.3, 0.4) is 0 Å². The molecule has 0 saturated carbocycles. The molecule has 0 atom stereocenters. The van der Waals surface area contributed by atoms with Crippen LogP contribution in [0.15, 0.2) is 46.0 Å². The lowest BCUT2D eigenvalue weighted by atomic mass is 10.3. The van der Waals surface area contributed by atoms with Gasteiger partial charge in [0.05, 0.1) is 12.9 Å². The molecule has 1 N–H and O–H groups in total. The summed E-state index contributed by atoms with van der Waals surface area (Å²) in [6.45, 7) is 0.266. The number of nitrogens with zero attached hydrogens (tertiary/aromatic N) is 2. The number of furan rings is 1. The van der Waals surface area contributed by atoms with Crippen molar-refractivity contribution >= 4 is 29.3 Å². The molecule has 0 aliphatic heterocycles. The number of nitrogens with one attached hydrogen (secondary N) is 1. The van der Waals surface area contributed by atoms with Crippen LogP contribution in [-0.2, 0) is 17.1 Å². The normalized spacial score (nSPS) is 10.6. The van der Waals surface area contributed by atoms with Crippen LogP contribution in [0.1, 0.15) is 22.1 Å². The number of esters is 1. The molecular weight excluding hydrogens is 366 g/mol. The summed E-state index contributed by atoms with van der Waals surface area (Å²) in [5, 5.41) is 8.14. The molecule has 2 heterocycles. The van der Waals surface area contributed by atoms with E-state index in [2.05, 4.69) is 19.9 Å². The molecule has 0 amide bonds. The fourth-order valence-corrected chi connectivity index (χ4v) is 2.73. The van der Waals surface area contributed by atoms with E-state index in [1.54, 1.807) is 36.4 Å². The number of aromatic amines is 1. The Balaban J connectivity index is 1.50. The van der Waals surface area contributed by atoms with Crippen LogP contribution in [0.4, 0.5) is 0 Å². The minimum Gasteiger partial charge on any atom is -0.486 e. The highest BCUT2D eigenvalue weighted by atomic mass is 35.5. The van der Waals surface area contributed by atoms with Gasteiger partial charge in [0.15, 0.2) is 5.82 Å². The standard InChI is InChI=1S/C16H14ClN3O4S/c1-22-15(21)13-7-6-12(24-13)9-25-16-18-14(19-20-16)8-23-11-4-2-10(17)3-5-11/h2-7H,8-9H2,1H3,(H,18,19,20). The summed E-state index contributed by atoms with van der Waals surface area (Å²) >= 11 is 7.20. The quantitative estimate of drug-likeness (QED) is 0.494. The van der Waals surface area contributed by atoms with Gasteiger partial charge in [-0.3, -0.25) is 5.10 Å². The molecule has 2 aromatic heterocycles. The lowest BCUT2D eigenvalue weighted by molar-refractivity contribution is 0.0563. The molecule has 0 bridgehead atoms. The molecule has 0 fully saturated rings. The Bertz CT molecular complexity index is 847. The maximum atomic E-state index is 11.3. The number of H-pyrrole nitrogens is 1. The van der Waals surface area contributed by atoms with Crippen LogP contribution in [0.5, 0.6) is 5.75 Å². The second-order valence-electron chi connectivity index (χ2n) is 4.85. The van der Waals surface area contributed by atoms with Crippen molar-refractivity contribution in [1.82, 2.24) is 15.2 Å². The van der Waals surface area contributed by atoms with Gasteiger partial charge in [-0.25, -0.2) is 9.78 Å². The molecule has 3 aromatic rings. The molecule has 0 aliphatic rings. The molecule has 0 spiro atoms. The van der Waals surface area contributed by atoms with Crippen LogP contribution in [0.25, 0.3) is 0 Å². The van der Waals surface area contributed by atoms with E-state index in [9.17, 15) is 4.79 Å². The average Bonchev–Trinajstić information content (AvgIpc) is 3.28. The number of methoxy groups -OCH3 is 1. The third kappa shape index (κ3) is 4.77. The Morgan fingerprint density at radius 2 is 2.08 bits per heavy atom. The Kier molecular flexibility index (Phi) is 5.62. The number of ether oxygens (including phenoxy) is 2. The predicted octanol–water partition coefficient (Wildman–Crippen LogP) is 3.71. The van der Waals surface area contributed by atoms with E-state index in [0.29, 0.717) is 33.3 Å². The number of hydrogen-bond acceptors (Lipinski definition) is 7. The molecular formula is C16H14ClN3O4S. The first kappa shape index (κ1) is 17.4. The smallest absolute Gasteiger partial charge is 0.373 e. The number of rotatable bonds is 7. The van der Waals surface area contributed by atoms with Crippen molar-refractivity contribution in [3.8, 4) is 5.75 Å². The van der Waals surface area contributed by atoms with Crippen LogP contribution in [0, 0.1) is 0 Å². The second kappa shape index (κ2) is 8.09. The minimum absolute atomic E-state index is 0.171. The highest BCUT2D eigenvalue weighted by Gasteiger charge is 2.12. The Morgan fingerprint density at radius 1 is 1.28 bits per heavy atom. The molecule has 130 valence electrons. The fourth-order valence-electron chi connectivity index (χ4n) is 1.89. The van der Waals surface area contributed by atoms with Gasteiger partial charge in [-0.05, 0) is 36.4 Å². The van der Waals surface area contributed by atoms with Crippen LogP contribution < -0.4 is 4.74 Å². The van der Waals surface area contributed by atoms with Crippen LogP contribution in [-0.4, -0.2) is 28.3 Å². The number of thioether (sulfide) groups is 1. The highest BCUT2D eigenvalue weighted by molar-refractivity contribution is 7.98. The van der Waals surface area contributed by atoms with Crippen molar-refractivity contribution in [3.05, 3.63) is 58.8 Å². The van der Waals surface area contributed by atoms with E-state index in [0.717, 1.165) is 0 Å². The lowest BCUT2D eigenvalue weighted by Gasteiger charge is -2.03. The molecule has 0 unspecified atom stereocenters. The summed E-state index contributed by atoms with van der Waals surface area (Å²) in [4.78, 5) is 15.7. The zero-order chi connectivity index (χ0) is 17.6. The third-order valence-electron chi connectivity index (χ3n) is 3.09. The van der Waals surface area contributed by atoms with E-state index < -0.39 is 5.97 Å². The zero-order valence-electron chi connectivity index (χ0n) is 13.2. The van der Waals surface area contributed by atoms with Crippen molar-refractivity contribution in [2.75, 3.05) is 7.11 Å². The fraction of sp³-hybridized carbons (Fsp3) is 0.188. The predicted molar refractivity (Wildman–Crippen MR) is 91.8 cm³/mol. The molecule has 9 heteroatoms. The summed E-state index contributed by atoms with van der Waals surface area (Å²) < 4.78 is 15.6. The van der Waals surface area contributed by atoms with Crippen molar-refractivity contribution in [3.63, 3.8) is 0 Å². The molecule has 7 nitrogen and oxygen atoms in total. The number of carbonyl (C=O) groups excluding carboxylic acids is 1. The van der Waals surface area contributed by atoms with E-state index in [1.807, 2.05) is 0 Å². The van der Waals surface area contributed by atoms with Gasteiger partial charge in [0, 0.05) is 5.02 Å². The Labute approximate surface area is 152 Å². The van der Waals surface area contributed by atoms with Gasteiger partial charge in [-0.2, -0.15) is 0 Å². The Morgan fingerprint density at radius 3 is 2.84 bits per heavy atom. The maximum Gasteiger partial charge on any atom is 0.373 e. The van der Waals surface area contributed by atoms with Gasteiger partial charge in [-0.1, -0.05) is 23.4 Å². The Hall–Kier alpha value is -2.45. The summed E-state index contributed by atoms with van der Waals surface area (Å²) in [6, 6.07) is 10.4. The molecule has 3 rings (SSSR count). The number of halogens is 1. The van der Waals surface area contributed by atoms with Crippen LogP contribution in [0.2, 0.25) is 5.02 Å². The molecule has 25 heavy (non-hydrogen) atoms. The monoisotopic (exact) mass is 379 g/mol. The maximum absolute atomic E-state index is 11.3. The summed E-state index contributed by atoms with van der Waals surface area (Å²) in [5.74, 6) is 2.09. The SMILES string of the molecule is COC(=O)c1ccc(CSc2n[nH]c(COc3ccc(Cl)cc3)n2)o1. The van der Waals surface area contributed by atoms with Crippen molar-refractivity contribution in [2.24, 2.45) is 0 Å². The molecule has 0 aliphatic carbocycles. The topological polar surface area (TPSA) is 90.2 Å². The van der Waals surface area contributed by atoms with Gasteiger partial charge in [0.1, 0.15) is 18.1 Å². The largest absolute Gasteiger partial charge is 0.486 e. The van der Waals surface area contributed by atoms with E-state index in [4.69, 9.17) is 20.8 Å². The molecule has 1 aromatic carbocycles. The second-order valence-corrected chi connectivity index (χ2v) is 6.23. The van der Waals surface area contributed by atoms with Crippen molar-refractivity contribution < 1.29 is 18.7 Å². The van der Waals surface area contributed by atoms with Crippen molar-refractivity contribution in [2.45, 2.75) is 17.5 Å². The van der Waals surface area contributed by atoms with Gasteiger partial charge in [0.2, 0.25) is 10.9 Å². The van der Waals surface area contributed by atoms with E-state index in [1.165, 1.54) is 18.9 Å². The first-order valence-corrected chi connectivity index (χ1v) is 8.60. The summed E-state index contributed by atoms with van der Waals surface area (Å²) in [5.41, 5.74) is 0. The molecule has 0 radical (unpaired) electrons. The number of benzene rings is 1. The average molecular weight is 380 g/mol. The molecule has 0 saturated heterocycles. The number of carbonyl (C=O) groups is 1. The number of aromatic nitrogens is 3. The summed E-state index contributed by atoms with van der Waals surface area (Å²) in [6.07, 6.45) is 0. The van der Waals surface area contributed by atoms with Crippen LogP contribution >= 0.6 is 23.4 Å². The first-order chi connectivity index (χ1) is 12.1. The number of hydrogen-bond donors (Lipinski definition) is 1. The summed E-state index contributed by atoms with van der Waals surface area (Å²) in [7, 11) is 1.31. The zero-order valence-corrected chi connectivity index (χ0v) is 14.8. The van der Waals surface area contributed by atoms with Gasteiger partial charge in [-0.15, -0.1) is 5.10 Å².